The Morgan fingerprint density at radius 2 is 2.08 bits per heavy atom. The van der Waals surface area contributed by atoms with E-state index in [0.717, 1.165) is 34.2 Å². The molecule has 0 saturated heterocycles. The summed E-state index contributed by atoms with van der Waals surface area (Å²) in [5.41, 5.74) is 9.41. The van der Waals surface area contributed by atoms with Crippen molar-refractivity contribution in [3.8, 4) is 11.1 Å². The molecule has 4 N–H and O–H groups in total. The lowest BCUT2D eigenvalue weighted by Gasteiger charge is -2.06. The number of amides is 2. The Bertz CT molecular complexity index is 930. The molecule has 0 bridgehead atoms. The maximum atomic E-state index is 11.9. The maximum absolute atomic E-state index is 11.9. The van der Waals surface area contributed by atoms with E-state index in [1.54, 1.807) is 12.4 Å². The van der Waals surface area contributed by atoms with E-state index < -0.39 is 0 Å². The SMILES string of the molecule is CCCC(=O)Nc1c[nH]c2ncc(-c3cccc(CC(N)=O)c3)cc12. The van der Waals surface area contributed by atoms with Crippen molar-refractivity contribution in [2.24, 2.45) is 5.73 Å². The fraction of sp³-hybridized carbons (Fsp3) is 0.211. The maximum Gasteiger partial charge on any atom is 0.224 e. The third kappa shape index (κ3) is 3.85. The van der Waals surface area contributed by atoms with Gasteiger partial charge in [-0.1, -0.05) is 31.2 Å². The standard InChI is InChI=1S/C19H20N4O2/c1-2-4-18(25)23-16-11-22-19-15(16)9-14(10-21-19)13-6-3-5-12(7-13)8-17(20)24/h3,5-7,9-11H,2,4,8H2,1H3,(H2,20,24)(H,21,22)(H,23,25). The summed E-state index contributed by atoms with van der Waals surface area (Å²) in [6.45, 7) is 1.97. The van der Waals surface area contributed by atoms with Crippen LogP contribution in [0.5, 0.6) is 0 Å². The molecule has 25 heavy (non-hydrogen) atoms. The minimum Gasteiger partial charge on any atom is -0.369 e. The highest BCUT2D eigenvalue weighted by atomic mass is 16.1. The molecule has 0 saturated carbocycles. The molecule has 6 heteroatoms. The molecular weight excluding hydrogens is 316 g/mol. The van der Waals surface area contributed by atoms with Gasteiger partial charge in [-0.3, -0.25) is 9.59 Å². The molecule has 0 radical (unpaired) electrons. The van der Waals surface area contributed by atoms with Crippen LogP contribution < -0.4 is 11.1 Å². The predicted molar refractivity (Wildman–Crippen MR) is 98.0 cm³/mol. The van der Waals surface area contributed by atoms with E-state index in [4.69, 9.17) is 5.73 Å². The number of aromatic amines is 1. The number of pyridine rings is 1. The Morgan fingerprint density at radius 1 is 1.24 bits per heavy atom. The number of H-pyrrole nitrogens is 1. The average Bonchev–Trinajstić information content (AvgIpc) is 2.97. The van der Waals surface area contributed by atoms with Crippen LogP contribution in [0.15, 0.2) is 42.7 Å². The van der Waals surface area contributed by atoms with E-state index in [2.05, 4.69) is 15.3 Å². The smallest absolute Gasteiger partial charge is 0.224 e. The molecule has 0 aliphatic carbocycles. The monoisotopic (exact) mass is 336 g/mol. The van der Waals surface area contributed by atoms with Crippen molar-refractivity contribution in [3.63, 3.8) is 0 Å². The molecule has 128 valence electrons. The van der Waals surface area contributed by atoms with Crippen molar-refractivity contribution in [2.45, 2.75) is 26.2 Å². The van der Waals surface area contributed by atoms with Gasteiger partial charge in [0.2, 0.25) is 11.8 Å². The molecule has 0 atom stereocenters. The van der Waals surface area contributed by atoms with Crippen molar-refractivity contribution >= 4 is 28.5 Å². The predicted octanol–water partition coefficient (Wildman–Crippen LogP) is 3.00. The highest BCUT2D eigenvalue weighted by molar-refractivity contribution is 6.01. The van der Waals surface area contributed by atoms with Crippen molar-refractivity contribution in [2.75, 3.05) is 5.32 Å². The summed E-state index contributed by atoms with van der Waals surface area (Å²) in [5.74, 6) is -0.380. The summed E-state index contributed by atoms with van der Waals surface area (Å²) < 4.78 is 0. The largest absolute Gasteiger partial charge is 0.369 e. The van der Waals surface area contributed by atoms with Crippen LogP contribution in [-0.2, 0) is 16.0 Å². The highest BCUT2D eigenvalue weighted by Crippen LogP contribution is 2.28. The van der Waals surface area contributed by atoms with E-state index in [9.17, 15) is 9.59 Å². The zero-order chi connectivity index (χ0) is 17.8. The molecule has 6 nitrogen and oxygen atoms in total. The number of anilines is 1. The van der Waals surface area contributed by atoms with Gasteiger partial charge >= 0.3 is 0 Å². The van der Waals surface area contributed by atoms with Crippen LogP contribution in [0.4, 0.5) is 5.69 Å². The molecule has 0 aliphatic heterocycles. The van der Waals surface area contributed by atoms with Crippen LogP contribution in [0.1, 0.15) is 25.3 Å². The first-order valence-electron chi connectivity index (χ1n) is 8.21. The van der Waals surface area contributed by atoms with Gasteiger partial charge < -0.3 is 16.0 Å². The Kier molecular flexibility index (Phi) is 4.79. The molecule has 0 spiro atoms. The van der Waals surface area contributed by atoms with Gasteiger partial charge in [0.05, 0.1) is 12.1 Å². The van der Waals surface area contributed by atoms with Crippen LogP contribution in [0.3, 0.4) is 0 Å². The normalized spacial score (nSPS) is 10.8. The van der Waals surface area contributed by atoms with E-state index in [-0.39, 0.29) is 18.2 Å². The number of hydrogen-bond donors (Lipinski definition) is 3. The van der Waals surface area contributed by atoms with E-state index in [1.807, 2.05) is 37.3 Å². The van der Waals surface area contributed by atoms with Gasteiger partial charge in [0.25, 0.3) is 0 Å². The second-order valence-corrected chi connectivity index (χ2v) is 5.96. The molecule has 2 aromatic heterocycles. The summed E-state index contributed by atoms with van der Waals surface area (Å²) >= 11 is 0. The number of primary amides is 1. The van der Waals surface area contributed by atoms with Gasteiger partial charge in [-0.15, -0.1) is 0 Å². The molecule has 1 aromatic carbocycles. The van der Waals surface area contributed by atoms with E-state index in [1.165, 1.54) is 0 Å². The number of aromatic nitrogens is 2. The summed E-state index contributed by atoms with van der Waals surface area (Å²) in [6.07, 6.45) is 4.99. The fourth-order valence-electron chi connectivity index (χ4n) is 2.77. The first kappa shape index (κ1) is 16.7. The fourth-order valence-corrected chi connectivity index (χ4v) is 2.77. The molecule has 3 aromatic rings. The van der Waals surface area contributed by atoms with Gasteiger partial charge in [-0.2, -0.15) is 0 Å². The highest BCUT2D eigenvalue weighted by Gasteiger charge is 2.10. The van der Waals surface area contributed by atoms with Gasteiger partial charge in [0.15, 0.2) is 0 Å². The number of rotatable bonds is 6. The summed E-state index contributed by atoms with van der Waals surface area (Å²) in [6, 6.07) is 9.61. The summed E-state index contributed by atoms with van der Waals surface area (Å²) in [7, 11) is 0. The number of benzene rings is 1. The van der Waals surface area contributed by atoms with Gasteiger partial charge in [0.1, 0.15) is 5.65 Å². The molecule has 3 rings (SSSR count). The minimum atomic E-state index is -0.364. The number of nitrogens with one attached hydrogen (secondary N) is 2. The van der Waals surface area contributed by atoms with Crippen LogP contribution in [0.25, 0.3) is 22.2 Å². The Morgan fingerprint density at radius 3 is 2.84 bits per heavy atom. The lowest BCUT2D eigenvalue weighted by atomic mass is 10.0. The average molecular weight is 336 g/mol. The van der Waals surface area contributed by atoms with E-state index >= 15 is 0 Å². The number of nitrogens with zero attached hydrogens (tertiary/aromatic N) is 1. The third-order valence-corrected chi connectivity index (χ3v) is 3.92. The zero-order valence-corrected chi connectivity index (χ0v) is 14.0. The Hall–Kier alpha value is -3.15. The van der Waals surface area contributed by atoms with Crippen LogP contribution in [0, 0.1) is 0 Å². The van der Waals surface area contributed by atoms with Gasteiger partial charge in [-0.25, -0.2) is 4.98 Å². The second-order valence-electron chi connectivity index (χ2n) is 5.96. The molecule has 0 unspecified atom stereocenters. The molecule has 0 aliphatic rings. The summed E-state index contributed by atoms with van der Waals surface area (Å²) in [5, 5.41) is 3.76. The van der Waals surface area contributed by atoms with Gasteiger partial charge in [-0.05, 0) is 23.6 Å². The topological polar surface area (TPSA) is 101 Å². The number of carbonyl (C=O) groups is 2. The minimum absolute atomic E-state index is 0.0164. The van der Waals surface area contributed by atoms with Crippen LogP contribution in [-0.4, -0.2) is 21.8 Å². The molecular formula is C19H20N4O2. The van der Waals surface area contributed by atoms with Gasteiger partial charge in [0, 0.05) is 29.8 Å². The van der Waals surface area contributed by atoms with Crippen molar-refractivity contribution in [1.82, 2.24) is 9.97 Å². The number of nitrogens with two attached hydrogens (primary N) is 1. The lowest BCUT2D eigenvalue weighted by molar-refractivity contribution is -0.117. The molecule has 2 amide bonds. The van der Waals surface area contributed by atoms with Crippen molar-refractivity contribution in [1.29, 1.82) is 0 Å². The summed E-state index contributed by atoms with van der Waals surface area (Å²) in [4.78, 5) is 30.5. The molecule has 2 heterocycles. The van der Waals surface area contributed by atoms with E-state index in [0.29, 0.717) is 12.1 Å². The van der Waals surface area contributed by atoms with Crippen molar-refractivity contribution < 1.29 is 9.59 Å². The first-order chi connectivity index (χ1) is 12.1. The second kappa shape index (κ2) is 7.17. The first-order valence-corrected chi connectivity index (χ1v) is 8.21. The van der Waals surface area contributed by atoms with Crippen LogP contribution in [0.2, 0.25) is 0 Å². The number of carbonyl (C=O) groups excluding carboxylic acids is 2. The Labute approximate surface area is 145 Å². The quantitative estimate of drug-likeness (QED) is 0.645. The number of fused-ring (bicyclic) bond motifs is 1. The Balaban J connectivity index is 1.95. The number of hydrogen-bond acceptors (Lipinski definition) is 3. The third-order valence-electron chi connectivity index (χ3n) is 3.92. The lowest BCUT2D eigenvalue weighted by Crippen LogP contribution is -2.13. The van der Waals surface area contributed by atoms with Crippen LogP contribution >= 0.6 is 0 Å². The van der Waals surface area contributed by atoms with Crippen molar-refractivity contribution in [3.05, 3.63) is 48.3 Å². The zero-order valence-electron chi connectivity index (χ0n) is 14.0. The molecule has 0 fully saturated rings.